The van der Waals surface area contributed by atoms with Gasteiger partial charge in [-0.3, -0.25) is 9.59 Å². The first kappa shape index (κ1) is 26.4. The second-order valence-electron chi connectivity index (χ2n) is 9.91. The van der Waals surface area contributed by atoms with Crippen molar-refractivity contribution in [3.8, 4) is 5.75 Å². The summed E-state index contributed by atoms with van der Waals surface area (Å²) in [4.78, 5) is 41.6. The van der Waals surface area contributed by atoms with Gasteiger partial charge in [0.2, 0.25) is 5.91 Å². The molecule has 1 fully saturated rings. The Morgan fingerprint density at radius 1 is 1.16 bits per heavy atom. The monoisotopic (exact) mass is 512 g/mol. The number of carbonyl (C=O) groups is 3. The van der Waals surface area contributed by atoms with Gasteiger partial charge >= 0.3 is 6.03 Å². The van der Waals surface area contributed by atoms with E-state index in [0.29, 0.717) is 23.7 Å². The van der Waals surface area contributed by atoms with Crippen molar-refractivity contribution in [2.45, 2.75) is 38.8 Å². The first-order valence-corrected chi connectivity index (χ1v) is 12.5. The summed E-state index contributed by atoms with van der Waals surface area (Å²) in [5, 5.41) is 15.4. The van der Waals surface area contributed by atoms with E-state index in [1.54, 1.807) is 37.1 Å². The van der Waals surface area contributed by atoms with Crippen LogP contribution in [-0.2, 0) is 4.79 Å². The van der Waals surface area contributed by atoms with Gasteiger partial charge in [0.25, 0.3) is 5.91 Å². The lowest BCUT2D eigenvalue weighted by Crippen LogP contribution is -2.50. The number of nitrogens with zero attached hydrogens (tertiary/aromatic N) is 2. The largest absolute Gasteiger partial charge is 0.487 e. The van der Waals surface area contributed by atoms with E-state index in [4.69, 9.17) is 4.74 Å². The second-order valence-corrected chi connectivity index (χ2v) is 9.91. The van der Waals surface area contributed by atoms with Crippen molar-refractivity contribution in [1.82, 2.24) is 9.80 Å². The number of fused-ring (bicyclic) bond motifs is 1. The van der Waals surface area contributed by atoms with Crippen LogP contribution in [0.2, 0.25) is 0 Å². The number of carbonyl (C=O) groups excluding carboxylic acids is 3. The van der Waals surface area contributed by atoms with Gasteiger partial charge in [0.15, 0.2) is 0 Å². The minimum Gasteiger partial charge on any atom is -0.487 e. The van der Waals surface area contributed by atoms with Gasteiger partial charge in [-0.2, -0.15) is 0 Å². The van der Waals surface area contributed by atoms with E-state index in [-0.39, 0.29) is 48.4 Å². The van der Waals surface area contributed by atoms with E-state index in [1.165, 1.54) is 29.2 Å². The minimum atomic E-state index is -0.476. The first-order valence-electron chi connectivity index (χ1n) is 12.5. The molecule has 3 N–H and O–H groups in total. The summed E-state index contributed by atoms with van der Waals surface area (Å²) >= 11 is 0. The molecule has 3 atom stereocenters. The second kappa shape index (κ2) is 11.2. The lowest BCUT2D eigenvalue weighted by molar-refractivity contribution is -0.117. The molecule has 0 bridgehead atoms. The van der Waals surface area contributed by atoms with Gasteiger partial charge in [0, 0.05) is 36.8 Å². The summed E-state index contributed by atoms with van der Waals surface area (Å²) in [7, 11) is 1.63. The van der Waals surface area contributed by atoms with Crippen LogP contribution in [0.3, 0.4) is 0 Å². The fraction of sp³-hybridized carbons (Fsp3) is 0.444. The Labute approximate surface area is 215 Å². The zero-order valence-electron chi connectivity index (χ0n) is 21.2. The highest BCUT2D eigenvalue weighted by Crippen LogP contribution is 2.33. The number of benzene rings is 2. The zero-order chi connectivity index (χ0) is 26.7. The maximum Gasteiger partial charge on any atom is 0.321 e. The highest BCUT2D eigenvalue weighted by molar-refractivity contribution is 6.00. The topological polar surface area (TPSA) is 111 Å². The van der Waals surface area contributed by atoms with Gasteiger partial charge in [-0.15, -0.1) is 0 Å². The van der Waals surface area contributed by atoms with Crippen molar-refractivity contribution in [3.63, 3.8) is 0 Å². The Bertz CT molecular complexity index is 1150. The smallest absolute Gasteiger partial charge is 0.321 e. The predicted octanol–water partition coefficient (Wildman–Crippen LogP) is 3.56. The van der Waals surface area contributed by atoms with Crippen molar-refractivity contribution in [1.29, 1.82) is 0 Å². The maximum atomic E-state index is 13.5. The van der Waals surface area contributed by atoms with E-state index in [1.807, 2.05) is 6.92 Å². The molecule has 9 nitrogen and oxygen atoms in total. The van der Waals surface area contributed by atoms with Crippen LogP contribution in [-0.4, -0.2) is 71.6 Å². The van der Waals surface area contributed by atoms with Crippen molar-refractivity contribution in [2.75, 3.05) is 37.4 Å². The zero-order valence-corrected chi connectivity index (χ0v) is 21.2. The molecular weight excluding hydrogens is 479 g/mol. The molecule has 10 heteroatoms. The summed E-state index contributed by atoms with van der Waals surface area (Å²) in [5.41, 5.74) is 1.25. The molecule has 1 heterocycles. The summed E-state index contributed by atoms with van der Waals surface area (Å²) in [6.45, 7) is 4.00. The molecule has 0 spiro atoms. The molecule has 0 radical (unpaired) electrons. The Balaban J connectivity index is 1.56. The highest BCUT2D eigenvalue weighted by atomic mass is 19.1. The lowest BCUT2D eigenvalue weighted by Gasteiger charge is -2.38. The number of hydrogen-bond acceptors (Lipinski definition) is 5. The summed E-state index contributed by atoms with van der Waals surface area (Å²) < 4.78 is 19.5. The average Bonchev–Trinajstić information content (AvgIpc) is 3.73. The van der Waals surface area contributed by atoms with E-state index in [2.05, 4.69) is 10.6 Å². The number of hydrogen-bond donors (Lipinski definition) is 3. The molecule has 2 aromatic rings. The van der Waals surface area contributed by atoms with Gasteiger partial charge < -0.3 is 30.3 Å². The normalized spacial score (nSPS) is 20.1. The van der Waals surface area contributed by atoms with Crippen molar-refractivity contribution in [2.24, 2.45) is 11.8 Å². The summed E-state index contributed by atoms with van der Waals surface area (Å²) in [6.07, 6.45) is 1.25. The lowest BCUT2D eigenvalue weighted by atomic mass is 9.99. The predicted molar refractivity (Wildman–Crippen MR) is 137 cm³/mol. The Morgan fingerprint density at radius 2 is 1.84 bits per heavy atom. The van der Waals surface area contributed by atoms with Gasteiger partial charge in [0.1, 0.15) is 17.7 Å². The minimum absolute atomic E-state index is 0.0155. The van der Waals surface area contributed by atoms with Crippen LogP contribution >= 0.6 is 0 Å². The number of aliphatic hydroxyl groups excluding tert-OH is 1. The number of aliphatic hydroxyl groups is 1. The highest BCUT2D eigenvalue weighted by Gasteiger charge is 2.35. The first-order chi connectivity index (χ1) is 17.7. The van der Waals surface area contributed by atoms with Gasteiger partial charge in [-0.05, 0) is 62.2 Å². The molecule has 1 aliphatic carbocycles. The summed E-state index contributed by atoms with van der Waals surface area (Å²) in [5.74, 6) is -0.586. The van der Waals surface area contributed by atoms with Crippen LogP contribution in [0.4, 0.5) is 20.6 Å². The van der Waals surface area contributed by atoms with E-state index in [9.17, 15) is 23.9 Å². The van der Waals surface area contributed by atoms with Crippen LogP contribution in [0.25, 0.3) is 0 Å². The van der Waals surface area contributed by atoms with Gasteiger partial charge in [-0.1, -0.05) is 6.92 Å². The molecule has 0 saturated heterocycles. The van der Waals surface area contributed by atoms with Crippen LogP contribution in [0, 0.1) is 17.7 Å². The molecule has 1 aliphatic heterocycles. The van der Waals surface area contributed by atoms with Crippen LogP contribution in [0.1, 0.15) is 37.0 Å². The molecule has 2 aromatic carbocycles. The van der Waals surface area contributed by atoms with Crippen molar-refractivity contribution in [3.05, 3.63) is 53.8 Å². The number of halogens is 1. The number of likely N-dealkylation sites (N-methyl/N-ethyl adjacent to an activating group) is 1. The fourth-order valence-corrected chi connectivity index (χ4v) is 4.21. The molecule has 4 amide bonds. The third-order valence-corrected chi connectivity index (χ3v) is 6.78. The molecule has 198 valence electrons. The number of ether oxygens (including phenoxy) is 1. The number of amides is 4. The van der Waals surface area contributed by atoms with Gasteiger partial charge in [-0.25, -0.2) is 9.18 Å². The van der Waals surface area contributed by atoms with E-state index < -0.39 is 18.0 Å². The third-order valence-electron chi connectivity index (χ3n) is 6.78. The Kier molecular flexibility index (Phi) is 7.97. The van der Waals surface area contributed by atoms with E-state index in [0.717, 1.165) is 12.8 Å². The molecular formula is C27H33FN4O5. The fourth-order valence-electron chi connectivity index (χ4n) is 4.21. The summed E-state index contributed by atoms with van der Waals surface area (Å²) in [6, 6.07) is 9.61. The molecule has 0 unspecified atom stereocenters. The molecule has 0 aromatic heterocycles. The number of urea groups is 1. The molecule has 4 rings (SSSR count). The quantitative estimate of drug-likeness (QED) is 0.525. The maximum absolute atomic E-state index is 13.5. The number of anilines is 2. The van der Waals surface area contributed by atoms with Crippen LogP contribution < -0.4 is 15.4 Å². The number of rotatable bonds is 7. The molecule has 1 saturated carbocycles. The Morgan fingerprint density at radius 3 is 2.49 bits per heavy atom. The van der Waals surface area contributed by atoms with E-state index >= 15 is 0 Å². The number of nitrogens with one attached hydrogen (secondary N) is 2. The van der Waals surface area contributed by atoms with Crippen molar-refractivity contribution < 1.29 is 28.6 Å². The molecule has 2 aliphatic rings. The average molecular weight is 513 g/mol. The Hall–Kier alpha value is -3.66. The molecule has 37 heavy (non-hydrogen) atoms. The SMILES string of the molecule is C[C@@H]1CN([C@@H](C)CO)C(=O)c2cc(NC(=O)C3CC3)ccc2O[C@@H]1CN(C)C(=O)Nc1ccc(F)cc1. The van der Waals surface area contributed by atoms with Crippen LogP contribution in [0.5, 0.6) is 5.75 Å². The van der Waals surface area contributed by atoms with Crippen molar-refractivity contribution >= 4 is 29.2 Å². The van der Waals surface area contributed by atoms with Crippen LogP contribution in [0.15, 0.2) is 42.5 Å². The van der Waals surface area contributed by atoms with Gasteiger partial charge in [0.05, 0.1) is 24.8 Å². The third kappa shape index (κ3) is 6.37. The standard InChI is InChI=1S/C27H33FN4O5/c1-16-13-32(17(2)15-33)26(35)22-12-21(29-25(34)18-4-5-18)10-11-23(22)37-24(16)14-31(3)27(36)30-20-8-6-19(28)7-9-20/h6-12,16-18,24,33H,4-5,13-15H2,1-3H3,(H,29,34)(H,30,36)/t16-,17+,24-/m1/s1.